The maximum Gasteiger partial charge on any atom is 0.0919 e. The molecule has 0 aliphatic carbocycles. The molecule has 0 nitrogen and oxygen atoms in total. The Morgan fingerprint density at radius 1 is 0.941 bits per heavy atom. The molecule has 0 spiro atoms. The average molecular weight is 410 g/mol. The lowest BCUT2D eigenvalue weighted by molar-refractivity contribution is 1.59. The third-order valence-corrected chi connectivity index (χ3v) is 10.8. The van der Waals surface area contributed by atoms with Crippen LogP contribution in [0.15, 0.2) is 21.1 Å². The zero-order chi connectivity index (χ0) is 12.8. The molecule has 5 heteroatoms. The molecule has 2 rings (SSSR count). The van der Waals surface area contributed by atoms with Crippen molar-refractivity contribution in [2.75, 3.05) is 0 Å². The molecule has 0 saturated carbocycles. The van der Waals surface area contributed by atoms with Gasteiger partial charge in [-0.1, -0.05) is 35.6 Å². The van der Waals surface area contributed by atoms with Gasteiger partial charge in [0.2, 0.25) is 0 Å². The summed E-state index contributed by atoms with van der Waals surface area (Å²) in [4.78, 5) is 4.09. The van der Waals surface area contributed by atoms with Gasteiger partial charge in [0.05, 0.1) is 8.07 Å². The molecule has 0 saturated heterocycles. The Morgan fingerprint density at radius 2 is 1.47 bits per heavy atom. The van der Waals surface area contributed by atoms with E-state index in [1.165, 1.54) is 23.6 Å². The van der Waals surface area contributed by atoms with Gasteiger partial charge in [0.25, 0.3) is 0 Å². The average Bonchev–Trinajstić information content (AvgIpc) is 2.70. The van der Waals surface area contributed by atoms with E-state index in [1.54, 1.807) is 4.50 Å². The Balaban J connectivity index is 2.48. The lowest BCUT2D eigenvalue weighted by Crippen LogP contribution is -2.35. The smallest absolute Gasteiger partial charge is 0.0919 e. The van der Waals surface area contributed by atoms with Crippen LogP contribution in [0.3, 0.4) is 0 Å². The highest BCUT2D eigenvalue weighted by molar-refractivity contribution is 9.11. The summed E-state index contributed by atoms with van der Waals surface area (Å²) in [6.45, 7) is 9.33. The summed E-state index contributed by atoms with van der Waals surface area (Å²) in [7, 11) is -1.23. The highest BCUT2D eigenvalue weighted by Gasteiger charge is 2.23. The number of thiophene rings is 2. The maximum absolute atomic E-state index is 3.71. The fourth-order valence-corrected chi connectivity index (χ4v) is 8.74. The van der Waals surface area contributed by atoms with Crippen LogP contribution in [-0.4, -0.2) is 8.07 Å². The molecule has 0 fully saturated rings. The van der Waals surface area contributed by atoms with E-state index in [1.807, 2.05) is 22.7 Å². The third-order valence-electron chi connectivity index (χ3n) is 2.47. The lowest BCUT2D eigenvalue weighted by Gasteiger charge is -2.13. The van der Waals surface area contributed by atoms with Crippen LogP contribution >= 0.6 is 54.5 Å². The molecule has 0 aromatic carbocycles. The van der Waals surface area contributed by atoms with Crippen molar-refractivity contribution in [3.8, 4) is 9.75 Å². The first-order valence-electron chi connectivity index (χ1n) is 5.35. The fourth-order valence-electron chi connectivity index (χ4n) is 1.58. The molecule has 2 aromatic heterocycles. The SMILES string of the molecule is Cc1sc(-c2cc(Br)c([Si](C)(C)C)s2)cc1Br. The summed E-state index contributed by atoms with van der Waals surface area (Å²) in [6.07, 6.45) is 0. The quantitative estimate of drug-likeness (QED) is 0.545. The van der Waals surface area contributed by atoms with Crippen LogP contribution in [0.4, 0.5) is 0 Å². The second kappa shape index (κ2) is 4.93. The van der Waals surface area contributed by atoms with Crippen molar-refractivity contribution in [2.24, 2.45) is 0 Å². The summed E-state index contributed by atoms with van der Waals surface area (Å²) in [5.41, 5.74) is 0. The van der Waals surface area contributed by atoms with Crippen molar-refractivity contribution >= 4 is 67.1 Å². The second-order valence-electron chi connectivity index (χ2n) is 5.05. The molecular formula is C12H14Br2S2Si. The van der Waals surface area contributed by atoms with Crippen LogP contribution in [0.1, 0.15) is 4.88 Å². The highest BCUT2D eigenvalue weighted by Crippen LogP contribution is 2.38. The number of halogens is 2. The first kappa shape index (κ1) is 14.0. The number of hydrogen-bond acceptors (Lipinski definition) is 2. The first-order valence-corrected chi connectivity index (χ1v) is 12.1. The number of hydrogen-bond donors (Lipinski definition) is 0. The monoisotopic (exact) mass is 408 g/mol. The molecule has 17 heavy (non-hydrogen) atoms. The topological polar surface area (TPSA) is 0 Å². The van der Waals surface area contributed by atoms with Gasteiger partial charge in [-0.3, -0.25) is 0 Å². The summed E-state index contributed by atoms with van der Waals surface area (Å²) < 4.78 is 4.06. The summed E-state index contributed by atoms with van der Waals surface area (Å²) in [5.74, 6) is 0. The summed E-state index contributed by atoms with van der Waals surface area (Å²) >= 11 is 11.1. The molecule has 2 heterocycles. The van der Waals surface area contributed by atoms with E-state index >= 15 is 0 Å². The van der Waals surface area contributed by atoms with Crippen molar-refractivity contribution in [2.45, 2.75) is 26.6 Å². The Labute approximate surface area is 128 Å². The van der Waals surface area contributed by atoms with Crippen molar-refractivity contribution in [3.63, 3.8) is 0 Å². The zero-order valence-corrected chi connectivity index (χ0v) is 16.0. The van der Waals surface area contributed by atoms with Crippen molar-refractivity contribution in [1.29, 1.82) is 0 Å². The Hall–Kier alpha value is 0.577. The van der Waals surface area contributed by atoms with Gasteiger partial charge in [-0.15, -0.1) is 22.7 Å². The second-order valence-corrected chi connectivity index (χ2v) is 14.4. The fraction of sp³-hybridized carbons (Fsp3) is 0.333. The van der Waals surface area contributed by atoms with E-state index in [0.717, 1.165) is 0 Å². The molecule has 0 aliphatic heterocycles. The minimum Gasteiger partial charge on any atom is -0.143 e. The largest absolute Gasteiger partial charge is 0.143 e. The third kappa shape index (κ3) is 2.95. The zero-order valence-electron chi connectivity index (χ0n) is 10.2. The summed E-state index contributed by atoms with van der Waals surface area (Å²) in [5, 5.41) is 0. The van der Waals surface area contributed by atoms with Gasteiger partial charge in [-0.25, -0.2) is 0 Å². The van der Waals surface area contributed by atoms with Gasteiger partial charge in [0.1, 0.15) is 0 Å². The van der Waals surface area contributed by atoms with Crippen LogP contribution in [0.5, 0.6) is 0 Å². The molecule has 2 aromatic rings. The van der Waals surface area contributed by atoms with Crippen LogP contribution in [0.25, 0.3) is 9.75 Å². The molecule has 0 aliphatic rings. The van der Waals surface area contributed by atoms with Gasteiger partial charge in [0.15, 0.2) is 0 Å². The van der Waals surface area contributed by atoms with Gasteiger partial charge in [-0.2, -0.15) is 0 Å². The van der Waals surface area contributed by atoms with E-state index in [9.17, 15) is 0 Å². The van der Waals surface area contributed by atoms with Gasteiger partial charge >= 0.3 is 0 Å². The minimum atomic E-state index is -1.23. The van der Waals surface area contributed by atoms with Gasteiger partial charge in [0, 0.05) is 28.1 Å². The predicted octanol–water partition coefficient (Wildman–Crippen LogP) is 5.86. The van der Waals surface area contributed by atoms with Crippen LogP contribution < -0.4 is 4.50 Å². The molecule has 0 bridgehead atoms. The van der Waals surface area contributed by atoms with Gasteiger partial charge in [-0.05, 0) is 35.0 Å². The standard InChI is InChI=1S/C12H14Br2S2Si/c1-7-8(13)5-10(15-7)11-6-9(14)12(16-11)17(2,3)4/h5-6H,1-4H3. The van der Waals surface area contributed by atoms with E-state index in [2.05, 4.69) is 70.6 Å². The number of rotatable bonds is 2. The lowest BCUT2D eigenvalue weighted by atomic mass is 10.4. The molecule has 0 atom stereocenters. The molecular weight excluding hydrogens is 396 g/mol. The van der Waals surface area contributed by atoms with Crippen LogP contribution in [-0.2, 0) is 0 Å². The summed E-state index contributed by atoms with van der Waals surface area (Å²) in [6, 6.07) is 4.50. The number of aryl methyl sites for hydroxylation is 1. The normalized spacial score (nSPS) is 12.1. The molecule has 0 radical (unpaired) electrons. The highest BCUT2D eigenvalue weighted by atomic mass is 79.9. The van der Waals surface area contributed by atoms with Gasteiger partial charge < -0.3 is 0 Å². The van der Waals surface area contributed by atoms with Crippen molar-refractivity contribution in [1.82, 2.24) is 0 Å². The minimum absolute atomic E-state index is 1.22. The predicted molar refractivity (Wildman–Crippen MR) is 90.7 cm³/mol. The molecule has 0 amide bonds. The van der Waals surface area contributed by atoms with E-state index in [0.29, 0.717) is 0 Å². The molecule has 92 valence electrons. The van der Waals surface area contributed by atoms with E-state index in [-0.39, 0.29) is 0 Å². The van der Waals surface area contributed by atoms with E-state index in [4.69, 9.17) is 0 Å². The molecule has 0 N–H and O–H groups in total. The Kier molecular flexibility index (Phi) is 4.05. The molecule has 0 unspecified atom stereocenters. The van der Waals surface area contributed by atoms with E-state index < -0.39 is 8.07 Å². The van der Waals surface area contributed by atoms with Crippen molar-refractivity contribution in [3.05, 3.63) is 26.0 Å². The Bertz CT molecular complexity index is 530. The van der Waals surface area contributed by atoms with Crippen molar-refractivity contribution < 1.29 is 0 Å². The Morgan fingerprint density at radius 3 is 1.88 bits per heavy atom. The maximum atomic E-state index is 3.71. The van der Waals surface area contributed by atoms with Crippen LogP contribution in [0.2, 0.25) is 19.6 Å². The first-order chi connectivity index (χ1) is 7.79. The van der Waals surface area contributed by atoms with Crippen LogP contribution in [0, 0.1) is 6.92 Å².